The fourth-order valence-electron chi connectivity index (χ4n) is 2.89. The predicted octanol–water partition coefficient (Wildman–Crippen LogP) is 3.68. The SMILES string of the molecule is COc1ccnc(C(=O)N[C@@H](C)c2nc(C(C)c3ccccc3)no2)c1OC(=O)C(C)C. The van der Waals surface area contributed by atoms with E-state index in [1.165, 1.54) is 19.4 Å². The molecule has 1 amide bonds. The van der Waals surface area contributed by atoms with Gasteiger partial charge in [0.15, 0.2) is 17.3 Å². The fraction of sp³-hybridized carbons (Fsp3) is 0.348. The van der Waals surface area contributed by atoms with Gasteiger partial charge in [-0.15, -0.1) is 0 Å². The Bertz CT molecular complexity index is 1080. The Kier molecular flexibility index (Phi) is 7.19. The lowest BCUT2D eigenvalue weighted by molar-refractivity contribution is -0.137. The van der Waals surface area contributed by atoms with E-state index in [0.29, 0.717) is 5.82 Å². The first kappa shape index (κ1) is 22.9. The number of carbonyl (C=O) groups excluding carboxylic acids is 2. The smallest absolute Gasteiger partial charge is 0.313 e. The van der Waals surface area contributed by atoms with Crippen LogP contribution in [-0.2, 0) is 4.79 Å². The summed E-state index contributed by atoms with van der Waals surface area (Å²) in [5.74, 6) is -0.588. The van der Waals surface area contributed by atoms with E-state index in [4.69, 9.17) is 14.0 Å². The quantitative estimate of drug-likeness (QED) is 0.530. The average molecular weight is 438 g/mol. The summed E-state index contributed by atoms with van der Waals surface area (Å²) in [6, 6.07) is 10.7. The van der Waals surface area contributed by atoms with Gasteiger partial charge in [0.05, 0.1) is 13.0 Å². The molecule has 0 aliphatic rings. The van der Waals surface area contributed by atoms with Gasteiger partial charge in [-0.2, -0.15) is 4.98 Å². The number of methoxy groups -OCH3 is 1. The van der Waals surface area contributed by atoms with Crippen LogP contribution in [0.4, 0.5) is 0 Å². The molecule has 0 radical (unpaired) electrons. The first-order valence-corrected chi connectivity index (χ1v) is 10.3. The molecule has 1 aromatic carbocycles. The van der Waals surface area contributed by atoms with E-state index in [-0.39, 0.29) is 29.0 Å². The molecule has 2 aromatic heterocycles. The zero-order chi connectivity index (χ0) is 23.3. The van der Waals surface area contributed by atoms with Crippen molar-refractivity contribution in [3.8, 4) is 11.5 Å². The van der Waals surface area contributed by atoms with Crippen LogP contribution in [0.25, 0.3) is 0 Å². The Balaban J connectivity index is 1.78. The molecule has 0 aliphatic heterocycles. The van der Waals surface area contributed by atoms with Crippen LogP contribution in [0, 0.1) is 5.92 Å². The highest BCUT2D eigenvalue weighted by molar-refractivity contribution is 5.96. The van der Waals surface area contributed by atoms with Crippen molar-refractivity contribution in [1.82, 2.24) is 20.4 Å². The summed E-state index contributed by atoms with van der Waals surface area (Å²) in [7, 11) is 1.42. The molecule has 0 fully saturated rings. The highest BCUT2D eigenvalue weighted by Crippen LogP contribution is 2.31. The van der Waals surface area contributed by atoms with Crippen LogP contribution in [-0.4, -0.2) is 34.1 Å². The Morgan fingerprint density at radius 1 is 1.06 bits per heavy atom. The Hall–Kier alpha value is -3.75. The van der Waals surface area contributed by atoms with Crippen molar-refractivity contribution in [1.29, 1.82) is 0 Å². The topological polar surface area (TPSA) is 116 Å². The standard InChI is InChI=1S/C23H26N4O5/c1-13(2)23(29)31-19-17(30-5)11-12-24-18(19)21(28)25-15(4)22-26-20(27-32-22)14(3)16-9-7-6-8-10-16/h6-15H,1-5H3,(H,25,28)/t14?,15-/m0/s1. The largest absolute Gasteiger partial charge is 0.493 e. The van der Waals surface area contributed by atoms with E-state index < -0.39 is 23.8 Å². The molecule has 32 heavy (non-hydrogen) atoms. The van der Waals surface area contributed by atoms with Gasteiger partial charge in [-0.1, -0.05) is 56.3 Å². The van der Waals surface area contributed by atoms with E-state index in [1.54, 1.807) is 20.8 Å². The lowest BCUT2D eigenvalue weighted by atomic mass is 10.0. The minimum absolute atomic E-state index is 0.0395. The lowest BCUT2D eigenvalue weighted by Gasteiger charge is -2.15. The van der Waals surface area contributed by atoms with E-state index >= 15 is 0 Å². The number of ether oxygens (including phenoxy) is 2. The third-order valence-electron chi connectivity index (χ3n) is 4.84. The molecular formula is C23H26N4O5. The van der Waals surface area contributed by atoms with E-state index in [2.05, 4.69) is 20.4 Å². The molecule has 3 rings (SSSR count). The zero-order valence-corrected chi connectivity index (χ0v) is 18.7. The Morgan fingerprint density at radius 2 is 1.78 bits per heavy atom. The monoisotopic (exact) mass is 438 g/mol. The van der Waals surface area contributed by atoms with Gasteiger partial charge in [-0.3, -0.25) is 9.59 Å². The number of hydrogen-bond donors (Lipinski definition) is 1. The van der Waals surface area contributed by atoms with Crippen molar-refractivity contribution in [3.63, 3.8) is 0 Å². The zero-order valence-electron chi connectivity index (χ0n) is 18.7. The van der Waals surface area contributed by atoms with E-state index in [9.17, 15) is 9.59 Å². The van der Waals surface area contributed by atoms with Gasteiger partial charge in [0.2, 0.25) is 11.6 Å². The van der Waals surface area contributed by atoms with Gasteiger partial charge in [-0.25, -0.2) is 4.98 Å². The van der Waals surface area contributed by atoms with Crippen LogP contribution < -0.4 is 14.8 Å². The summed E-state index contributed by atoms with van der Waals surface area (Å²) in [4.78, 5) is 33.6. The van der Waals surface area contributed by atoms with E-state index in [0.717, 1.165) is 5.56 Å². The van der Waals surface area contributed by atoms with Crippen LogP contribution in [0.3, 0.4) is 0 Å². The van der Waals surface area contributed by atoms with Crippen LogP contribution in [0.1, 0.15) is 67.4 Å². The summed E-state index contributed by atoms with van der Waals surface area (Å²) in [6.07, 6.45) is 1.40. The molecule has 1 unspecified atom stereocenters. The summed E-state index contributed by atoms with van der Waals surface area (Å²) < 4.78 is 16.0. The fourth-order valence-corrected chi connectivity index (χ4v) is 2.89. The number of rotatable bonds is 8. The van der Waals surface area contributed by atoms with Crippen molar-refractivity contribution >= 4 is 11.9 Å². The molecule has 0 saturated carbocycles. The number of carbonyl (C=O) groups is 2. The second-order valence-electron chi connectivity index (χ2n) is 7.59. The number of hydrogen-bond acceptors (Lipinski definition) is 8. The molecule has 9 nitrogen and oxygen atoms in total. The van der Waals surface area contributed by atoms with Crippen molar-refractivity contribution in [2.24, 2.45) is 5.92 Å². The van der Waals surface area contributed by atoms with Gasteiger partial charge >= 0.3 is 5.97 Å². The second kappa shape index (κ2) is 10.0. The van der Waals surface area contributed by atoms with Crippen LogP contribution in [0.15, 0.2) is 47.1 Å². The Morgan fingerprint density at radius 3 is 2.44 bits per heavy atom. The van der Waals surface area contributed by atoms with Gasteiger partial charge < -0.3 is 19.3 Å². The maximum atomic E-state index is 12.9. The highest BCUT2D eigenvalue weighted by atomic mass is 16.6. The number of esters is 1. The molecule has 168 valence electrons. The minimum atomic E-state index is -0.603. The summed E-state index contributed by atoms with van der Waals surface area (Å²) in [5, 5.41) is 6.81. The first-order chi connectivity index (χ1) is 15.3. The molecule has 3 aromatic rings. The van der Waals surface area contributed by atoms with Crippen molar-refractivity contribution in [3.05, 3.63) is 65.6 Å². The number of amides is 1. The third-order valence-corrected chi connectivity index (χ3v) is 4.84. The number of pyridine rings is 1. The maximum absolute atomic E-state index is 12.9. The molecule has 9 heteroatoms. The van der Waals surface area contributed by atoms with Crippen LogP contribution in [0.5, 0.6) is 11.5 Å². The van der Waals surface area contributed by atoms with E-state index in [1.807, 2.05) is 37.3 Å². The normalized spacial score (nSPS) is 12.8. The molecule has 0 bridgehead atoms. The third kappa shape index (κ3) is 5.11. The highest BCUT2D eigenvalue weighted by Gasteiger charge is 2.26. The molecule has 2 atom stereocenters. The summed E-state index contributed by atoms with van der Waals surface area (Å²) >= 11 is 0. The molecule has 0 aliphatic carbocycles. The number of aromatic nitrogens is 3. The molecule has 2 heterocycles. The van der Waals surface area contributed by atoms with Gasteiger partial charge in [0, 0.05) is 18.2 Å². The molecule has 0 spiro atoms. The van der Waals surface area contributed by atoms with Gasteiger partial charge in [-0.05, 0) is 12.5 Å². The molecular weight excluding hydrogens is 412 g/mol. The Labute approximate surface area is 186 Å². The summed E-state index contributed by atoms with van der Waals surface area (Å²) in [5.41, 5.74) is 0.969. The second-order valence-corrected chi connectivity index (χ2v) is 7.59. The number of nitrogens with one attached hydrogen (secondary N) is 1. The van der Waals surface area contributed by atoms with Gasteiger partial charge in [0.25, 0.3) is 5.91 Å². The summed E-state index contributed by atoms with van der Waals surface area (Å²) in [6.45, 7) is 7.07. The molecule has 0 saturated heterocycles. The van der Waals surface area contributed by atoms with Crippen molar-refractivity contribution in [2.75, 3.05) is 7.11 Å². The molecule has 1 N–H and O–H groups in total. The van der Waals surface area contributed by atoms with Crippen LogP contribution >= 0.6 is 0 Å². The van der Waals surface area contributed by atoms with Crippen molar-refractivity contribution < 1.29 is 23.6 Å². The number of nitrogens with zero attached hydrogens (tertiary/aromatic N) is 3. The average Bonchev–Trinajstić information content (AvgIpc) is 3.29. The van der Waals surface area contributed by atoms with Crippen molar-refractivity contribution in [2.45, 2.75) is 39.7 Å². The lowest BCUT2D eigenvalue weighted by Crippen LogP contribution is -2.29. The first-order valence-electron chi connectivity index (χ1n) is 10.3. The maximum Gasteiger partial charge on any atom is 0.313 e. The van der Waals surface area contributed by atoms with Crippen LogP contribution in [0.2, 0.25) is 0 Å². The predicted molar refractivity (Wildman–Crippen MR) is 115 cm³/mol. The number of benzene rings is 1. The van der Waals surface area contributed by atoms with Gasteiger partial charge in [0.1, 0.15) is 6.04 Å². The minimum Gasteiger partial charge on any atom is -0.493 e.